The summed E-state index contributed by atoms with van der Waals surface area (Å²) in [6, 6.07) is 4.60. The van der Waals surface area contributed by atoms with Crippen molar-refractivity contribution in [1.82, 2.24) is 4.90 Å². The van der Waals surface area contributed by atoms with Crippen LogP contribution >= 0.6 is 24.0 Å². The molecule has 1 saturated heterocycles. The normalized spacial score (nSPS) is 16.3. The zero-order valence-corrected chi connectivity index (χ0v) is 14.2. The van der Waals surface area contributed by atoms with Crippen LogP contribution in [0.3, 0.4) is 0 Å². The van der Waals surface area contributed by atoms with E-state index < -0.39 is 17.0 Å². The number of halogens is 3. The van der Waals surface area contributed by atoms with Gasteiger partial charge in [0.25, 0.3) is 0 Å². The summed E-state index contributed by atoms with van der Waals surface area (Å²) in [6.07, 6.45) is -2.25. The Morgan fingerprint density at radius 3 is 2.61 bits per heavy atom. The molecule has 1 atom stereocenters. The van der Waals surface area contributed by atoms with Crippen LogP contribution < -0.4 is 5.32 Å². The fourth-order valence-corrected chi connectivity index (χ4v) is 3.61. The molecule has 126 valence electrons. The van der Waals surface area contributed by atoms with Crippen LogP contribution in [0.2, 0.25) is 0 Å². The number of nitrogens with zero attached hydrogens (tertiary/aromatic N) is 1. The Labute approximate surface area is 142 Å². The Balaban J connectivity index is 1.94. The van der Waals surface area contributed by atoms with Crippen molar-refractivity contribution in [2.45, 2.75) is 31.2 Å². The summed E-state index contributed by atoms with van der Waals surface area (Å²) in [5.74, 6) is -0.365. The van der Waals surface area contributed by atoms with Gasteiger partial charge in [-0.3, -0.25) is 4.79 Å². The van der Waals surface area contributed by atoms with Gasteiger partial charge in [0.05, 0.1) is 10.8 Å². The zero-order chi connectivity index (χ0) is 17.0. The first-order chi connectivity index (χ1) is 10.8. The first-order valence-electron chi connectivity index (χ1n) is 7.21. The Kier molecular flexibility index (Phi) is 5.91. The third-order valence-electron chi connectivity index (χ3n) is 3.47. The number of amides is 1. The smallest absolute Gasteiger partial charge is 0.358 e. The first-order valence-corrected chi connectivity index (χ1v) is 8.50. The number of carbonyl (C=O) groups is 1. The van der Waals surface area contributed by atoms with E-state index in [1.54, 1.807) is 6.92 Å². The van der Waals surface area contributed by atoms with Crippen molar-refractivity contribution in [3.05, 3.63) is 29.8 Å². The number of rotatable bonds is 3. The number of nitrogens with one attached hydrogen (secondary N) is 1. The monoisotopic (exact) mass is 362 g/mol. The van der Waals surface area contributed by atoms with E-state index in [9.17, 15) is 18.0 Å². The second kappa shape index (κ2) is 7.53. The molecule has 23 heavy (non-hydrogen) atoms. The van der Waals surface area contributed by atoms with Crippen LogP contribution in [0.1, 0.15) is 25.3 Å². The molecule has 1 amide bonds. The molecule has 2 rings (SSSR count). The van der Waals surface area contributed by atoms with Gasteiger partial charge >= 0.3 is 6.18 Å². The van der Waals surface area contributed by atoms with E-state index in [0.717, 1.165) is 38.1 Å². The minimum atomic E-state index is -4.43. The Morgan fingerprint density at radius 1 is 1.35 bits per heavy atom. The van der Waals surface area contributed by atoms with E-state index in [-0.39, 0.29) is 11.6 Å². The highest BCUT2D eigenvalue weighted by Gasteiger charge is 2.30. The minimum absolute atomic E-state index is 0.129. The molecule has 0 aliphatic carbocycles. The van der Waals surface area contributed by atoms with Crippen molar-refractivity contribution >= 4 is 39.9 Å². The molecule has 1 aliphatic rings. The van der Waals surface area contributed by atoms with Gasteiger partial charge in [-0.2, -0.15) is 13.2 Å². The molecule has 0 saturated carbocycles. The standard InChI is InChI=1S/C15H17F3N2OS2/c1-10(23-14(22)20-7-2-3-8-20)13(21)19-12-6-4-5-11(9-12)15(16,17)18/h4-6,9-10H,2-3,7-8H2,1H3,(H,19,21)/t10-/m1/s1. The number of likely N-dealkylation sites (tertiary alicyclic amines) is 1. The maximum Gasteiger partial charge on any atom is 0.416 e. The van der Waals surface area contributed by atoms with Crippen molar-refractivity contribution in [3.63, 3.8) is 0 Å². The summed E-state index contributed by atoms with van der Waals surface area (Å²) >= 11 is 6.56. The van der Waals surface area contributed by atoms with Crippen LogP contribution in [0, 0.1) is 0 Å². The quantitative estimate of drug-likeness (QED) is 0.819. The molecule has 1 heterocycles. The second-order valence-corrected chi connectivity index (χ2v) is 7.26. The molecular weight excluding hydrogens is 345 g/mol. The van der Waals surface area contributed by atoms with Gasteiger partial charge in [0.2, 0.25) is 5.91 Å². The van der Waals surface area contributed by atoms with Crippen LogP contribution in [0.25, 0.3) is 0 Å². The van der Waals surface area contributed by atoms with E-state index in [1.807, 2.05) is 4.90 Å². The van der Waals surface area contributed by atoms with Crippen molar-refractivity contribution in [2.24, 2.45) is 0 Å². The molecule has 1 aromatic rings. The summed E-state index contributed by atoms with van der Waals surface area (Å²) in [7, 11) is 0. The summed E-state index contributed by atoms with van der Waals surface area (Å²) in [5.41, 5.74) is -0.660. The lowest BCUT2D eigenvalue weighted by Gasteiger charge is -2.20. The molecule has 0 aromatic heterocycles. The van der Waals surface area contributed by atoms with Gasteiger partial charge in [-0.15, -0.1) is 0 Å². The molecular formula is C15H17F3N2OS2. The third-order valence-corrected chi connectivity index (χ3v) is 5.04. The molecule has 0 spiro atoms. The Hall–Kier alpha value is -1.28. The highest BCUT2D eigenvalue weighted by Crippen LogP contribution is 2.31. The van der Waals surface area contributed by atoms with Crippen LogP contribution in [-0.2, 0) is 11.0 Å². The lowest BCUT2D eigenvalue weighted by molar-refractivity contribution is -0.137. The topological polar surface area (TPSA) is 32.3 Å². The molecule has 0 radical (unpaired) electrons. The first kappa shape index (κ1) is 18.1. The number of hydrogen-bond acceptors (Lipinski definition) is 3. The predicted molar refractivity (Wildman–Crippen MR) is 90.5 cm³/mol. The number of alkyl halides is 3. The van der Waals surface area contributed by atoms with Crippen molar-refractivity contribution in [1.29, 1.82) is 0 Å². The van der Waals surface area contributed by atoms with Crippen LogP contribution in [0.15, 0.2) is 24.3 Å². The van der Waals surface area contributed by atoms with Crippen molar-refractivity contribution < 1.29 is 18.0 Å². The van der Waals surface area contributed by atoms with E-state index in [4.69, 9.17) is 12.2 Å². The van der Waals surface area contributed by atoms with E-state index >= 15 is 0 Å². The summed E-state index contributed by atoms with van der Waals surface area (Å²) in [6.45, 7) is 3.48. The number of anilines is 1. The molecule has 8 heteroatoms. The molecule has 1 aliphatic heterocycles. The molecule has 0 bridgehead atoms. The van der Waals surface area contributed by atoms with Crippen LogP contribution in [-0.4, -0.2) is 33.5 Å². The number of thioether (sulfide) groups is 1. The Morgan fingerprint density at radius 2 is 2.00 bits per heavy atom. The highest BCUT2D eigenvalue weighted by atomic mass is 32.2. The van der Waals surface area contributed by atoms with Gasteiger partial charge < -0.3 is 10.2 Å². The molecule has 3 nitrogen and oxygen atoms in total. The zero-order valence-electron chi connectivity index (χ0n) is 12.5. The fourth-order valence-electron chi connectivity index (χ4n) is 2.20. The lowest BCUT2D eigenvalue weighted by Crippen LogP contribution is -2.29. The van der Waals surface area contributed by atoms with E-state index in [2.05, 4.69) is 5.32 Å². The number of benzene rings is 1. The largest absolute Gasteiger partial charge is 0.416 e. The number of thiocarbonyl (C=S) groups is 1. The van der Waals surface area contributed by atoms with Crippen LogP contribution in [0.4, 0.5) is 18.9 Å². The number of hydrogen-bond donors (Lipinski definition) is 1. The SMILES string of the molecule is C[C@@H](SC(=S)N1CCCC1)C(=O)Nc1cccc(C(F)(F)F)c1. The van der Waals surface area contributed by atoms with Gasteiger partial charge in [0.15, 0.2) is 0 Å². The highest BCUT2D eigenvalue weighted by molar-refractivity contribution is 8.23. The Bertz CT molecular complexity index is 586. The van der Waals surface area contributed by atoms with Crippen LogP contribution in [0.5, 0.6) is 0 Å². The van der Waals surface area contributed by atoms with Gasteiger partial charge in [0.1, 0.15) is 4.32 Å². The molecule has 1 fully saturated rings. The average molecular weight is 362 g/mol. The van der Waals surface area contributed by atoms with Gasteiger partial charge in [0, 0.05) is 18.8 Å². The molecule has 0 unspecified atom stereocenters. The number of carbonyl (C=O) groups excluding carboxylic acids is 1. The van der Waals surface area contributed by atoms with Gasteiger partial charge in [-0.25, -0.2) is 0 Å². The maximum absolute atomic E-state index is 12.7. The van der Waals surface area contributed by atoms with E-state index in [0.29, 0.717) is 4.32 Å². The molecule has 1 N–H and O–H groups in total. The summed E-state index contributed by atoms with van der Waals surface area (Å²) < 4.78 is 38.7. The van der Waals surface area contributed by atoms with E-state index in [1.165, 1.54) is 23.9 Å². The summed E-state index contributed by atoms with van der Waals surface area (Å²) in [4.78, 5) is 14.2. The minimum Gasteiger partial charge on any atom is -0.358 e. The van der Waals surface area contributed by atoms with Gasteiger partial charge in [-0.1, -0.05) is 30.0 Å². The molecule has 1 aromatic carbocycles. The van der Waals surface area contributed by atoms with Crippen molar-refractivity contribution in [3.8, 4) is 0 Å². The predicted octanol–water partition coefficient (Wildman–Crippen LogP) is 4.15. The maximum atomic E-state index is 12.7. The fraction of sp³-hybridized carbons (Fsp3) is 0.467. The van der Waals surface area contributed by atoms with Crippen molar-refractivity contribution in [2.75, 3.05) is 18.4 Å². The summed E-state index contributed by atoms with van der Waals surface area (Å²) in [5, 5.41) is 2.04. The average Bonchev–Trinajstić information content (AvgIpc) is 3.00. The lowest BCUT2D eigenvalue weighted by atomic mass is 10.2. The third kappa shape index (κ3) is 5.10. The van der Waals surface area contributed by atoms with Gasteiger partial charge in [-0.05, 0) is 38.0 Å². The second-order valence-electron chi connectivity index (χ2n) is 5.29.